The molecule has 1 N–H and O–H groups in total. The number of rotatable bonds is 0. The SMILES string of the molecule is CN1CCNCC1.CN1CCOCC1.CN1CCSCC1. The van der Waals surface area contributed by atoms with E-state index in [0.29, 0.717) is 0 Å². The molecule has 0 bridgehead atoms. The van der Waals surface area contributed by atoms with Gasteiger partial charge < -0.3 is 24.8 Å². The van der Waals surface area contributed by atoms with Gasteiger partial charge in [-0.05, 0) is 21.1 Å². The van der Waals surface area contributed by atoms with Gasteiger partial charge in [0.1, 0.15) is 0 Å². The average Bonchev–Trinajstić information content (AvgIpc) is 2.51. The van der Waals surface area contributed by atoms with Gasteiger partial charge in [-0.15, -0.1) is 0 Å². The molecule has 6 heteroatoms. The van der Waals surface area contributed by atoms with Crippen molar-refractivity contribution in [1.82, 2.24) is 20.0 Å². The second kappa shape index (κ2) is 12.7. The highest BCUT2D eigenvalue weighted by molar-refractivity contribution is 7.99. The van der Waals surface area contributed by atoms with E-state index in [-0.39, 0.29) is 0 Å². The molecule has 0 unspecified atom stereocenters. The number of morpholine rings is 1. The Balaban J connectivity index is 0.000000157. The fourth-order valence-electron chi connectivity index (χ4n) is 2.09. The summed E-state index contributed by atoms with van der Waals surface area (Å²) in [5.74, 6) is 2.66. The highest BCUT2D eigenvalue weighted by Crippen LogP contribution is 2.05. The quantitative estimate of drug-likeness (QED) is 0.684. The minimum absolute atomic E-state index is 0.913. The Labute approximate surface area is 135 Å². The van der Waals surface area contributed by atoms with E-state index in [9.17, 15) is 0 Å². The first-order chi connectivity index (χ1) is 10.2. The van der Waals surface area contributed by atoms with E-state index in [4.69, 9.17) is 4.74 Å². The Morgan fingerprint density at radius 1 is 0.714 bits per heavy atom. The van der Waals surface area contributed by atoms with Gasteiger partial charge in [-0.3, -0.25) is 0 Å². The fourth-order valence-corrected chi connectivity index (χ4v) is 3.17. The smallest absolute Gasteiger partial charge is 0.0594 e. The summed E-state index contributed by atoms with van der Waals surface area (Å²) in [5.41, 5.74) is 0. The summed E-state index contributed by atoms with van der Waals surface area (Å²) in [6, 6.07) is 0. The van der Waals surface area contributed by atoms with Crippen molar-refractivity contribution in [2.75, 3.05) is 98.2 Å². The predicted octanol–water partition coefficient (Wildman–Crippen LogP) is 0.135. The highest BCUT2D eigenvalue weighted by Gasteiger charge is 2.03. The second-order valence-corrected chi connectivity index (χ2v) is 7.11. The lowest BCUT2D eigenvalue weighted by atomic mass is 10.4. The van der Waals surface area contributed by atoms with Crippen LogP contribution in [0, 0.1) is 0 Å². The summed E-state index contributed by atoms with van der Waals surface area (Å²) in [6.07, 6.45) is 0. The summed E-state index contributed by atoms with van der Waals surface area (Å²) in [5, 5.41) is 3.27. The molecule has 3 saturated heterocycles. The molecular formula is C15H34N4OS. The first-order valence-corrected chi connectivity index (χ1v) is 9.26. The zero-order valence-electron chi connectivity index (χ0n) is 14.1. The van der Waals surface area contributed by atoms with Gasteiger partial charge in [0.05, 0.1) is 13.2 Å². The number of hydrogen-bond donors (Lipinski definition) is 1. The highest BCUT2D eigenvalue weighted by atomic mass is 32.2. The third-order valence-electron chi connectivity index (χ3n) is 3.81. The fraction of sp³-hybridized carbons (Fsp3) is 1.00. The van der Waals surface area contributed by atoms with Crippen molar-refractivity contribution in [3.63, 3.8) is 0 Å². The van der Waals surface area contributed by atoms with E-state index in [1.807, 2.05) is 0 Å². The van der Waals surface area contributed by atoms with E-state index in [1.54, 1.807) is 0 Å². The second-order valence-electron chi connectivity index (χ2n) is 5.88. The largest absolute Gasteiger partial charge is 0.379 e. The molecule has 3 heterocycles. The number of nitrogens with one attached hydrogen (secondary N) is 1. The molecule has 0 aromatic carbocycles. The van der Waals surface area contributed by atoms with Crippen LogP contribution in [-0.4, -0.2) is 113 Å². The molecule has 0 atom stereocenters. The van der Waals surface area contributed by atoms with Crippen molar-refractivity contribution in [2.24, 2.45) is 0 Å². The maximum Gasteiger partial charge on any atom is 0.0594 e. The van der Waals surface area contributed by atoms with Crippen LogP contribution in [-0.2, 0) is 4.74 Å². The number of thioether (sulfide) groups is 1. The van der Waals surface area contributed by atoms with Crippen LogP contribution in [0.15, 0.2) is 0 Å². The summed E-state index contributed by atoms with van der Waals surface area (Å²) in [7, 11) is 6.45. The maximum atomic E-state index is 5.10. The molecule has 0 spiro atoms. The molecule has 3 aliphatic heterocycles. The van der Waals surface area contributed by atoms with E-state index in [0.717, 1.165) is 39.4 Å². The van der Waals surface area contributed by atoms with Gasteiger partial charge >= 0.3 is 0 Å². The van der Waals surface area contributed by atoms with Crippen LogP contribution in [0.25, 0.3) is 0 Å². The lowest BCUT2D eigenvalue weighted by Crippen LogP contribution is -2.40. The Bertz CT molecular complexity index is 190. The minimum atomic E-state index is 0.913. The van der Waals surface area contributed by atoms with Gasteiger partial charge in [-0.1, -0.05) is 0 Å². The van der Waals surface area contributed by atoms with Crippen molar-refractivity contribution in [2.45, 2.75) is 0 Å². The molecule has 0 saturated carbocycles. The lowest BCUT2D eigenvalue weighted by Gasteiger charge is -2.21. The van der Waals surface area contributed by atoms with E-state index in [2.05, 4.69) is 52.9 Å². The van der Waals surface area contributed by atoms with Gasteiger partial charge in [0.2, 0.25) is 0 Å². The average molecular weight is 319 g/mol. The van der Waals surface area contributed by atoms with Crippen LogP contribution < -0.4 is 5.32 Å². The van der Waals surface area contributed by atoms with Gasteiger partial charge in [0.25, 0.3) is 0 Å². The molecule has 126 valence electrons. The summed E-state index contributed by atoms with van der Waals surface area (Å²) >= 11 is 2.06. The van der Waals surface area contributed by atoms with Crippen LogP contribution in [0.5, 0.6) is 0 Å². The molecule has 0 amide bonds. The Morgan fingerprint density at radius 2 is 1.19 bits per heavy atom. The number of hydrogen-bond acceptors (Lipinski definition) is 6. The van der Waals surface area contributed by atoms with Crippen molar-refractivity contribution in [3.05, 3.63) is 0 Å². The first-order valence-electron chi connectivity index (χ1n) is 8.10. The van der Waals surface area contributed by atoms with E-state index >= 15 is 0 Å². The van der Waals surface area contributed by atoms with Crippen molar-refractivity contribution >= 4 is 11.8 Å². The number of ether oxygens (including phenoxy) is 1. The number of likely N-dealkylation sites (N-methyl/N-ethyl adjacent to an activating group) is 2. The molecule has 0 aromatic heterocycles. The summed E-state index contributed by atoms with van der Waals surface area (Å²) < 4.78 is 5.10. The Morgan fingerprint density at radius 3 is 1.48 bits per heavy atom. The zero-order chi connectivity index (χ0) is 15.3. The van der Waals surface area contributed by atoms with Crippen LogP contribution in [0.3, 0.4) is 0 Å². The van der Waals surface area contributed by atoms with Gasteiger partial charge in [0, 0.05) is 63.9 Å². The van der Waals surface area contributed by atoms with E-state index < -0.39 is 0 Å². The normalized spacial score (nSPS) is 25.3. The van der Waals surface area contributed by atoms with Crippen LogP contribution >= 0.6 is 11.8 Å². The molecular weight excluding hydrogens is 284 g/mol. The maximum absolute atomic E-state index is 5.10. The molecule has 3 aliphatic rings. The minimum Gasteiger partial charge on any atom is -0.379 e. The van der Waals surface area contributed by atoms with Crippen molar-refractivity contribution in [1.29, 1.82) is 0 Å². The van der Waals surface area contributed by atoms with Crippen LogP contribution in [0.4, 0.5) is 0 Å². The number of piperazine rings is 1. The van der Waals surface area contributed by atoms with Crippen LogP contribution in [0.1, 0.15) is 0 Å². The first kappa shape index (κ1) is 19.2. The molecule has 5 nitrogen and oxygen atoms in total. The molecule has 0 radical (unpaired) electrons. The van der Waals surface area contributed by atoms with Crippen molar-refractivity contribution < 1.29 is 4.74 Å². The van der Waals surface area contributed by atoms with Gasteiger partial charge in [-0.25, -0.2) is 0 Å². The topological polar surface area (TPSA) is 31.0 Å². The number of nitrogens with zero attached hydrogens (tertiary/aromatic N) is 3. The third-order valence-corrected chi connectivity index (χ3v) is 4.75. The molecule has 3 fully saturated rings. The van der Waals surface area contributed by atoms with Crippen molar-refractivity contribution in [3.8, 4) is 0 Å². The lowest BCUT2D eigenvalue weighted by molar-refractivity contribution is 0.0503. The molecule has 0 aliphatic carbocycles. The molecule has 3 rings (SSSR count). The van der Waals surface area contributed by atoms with Gasteiger partial charge in [0.15, 0.2) is 0 Å². The standard InChI is InChI=1S/C5H12N2.C5H11NO.C5H11NS/c1-7-4-2-6-3-5-7;2*1-6-2-4-7-5-3-6/h6H,2-5H2,1H3;2*2-5H2,1H3. The molecule has 0 aromatic rings. The summed E-state index contributed by atoms with van der Waals surface area (Å²) in [6.45, 7) is 11.3. The third kappa shape index (κ3) is 11.4. The molecule has 21 heavy (non-hydrogen) atoms. The summed E-state index contributed by atoms with van der Waals surface area (Å²) in [4.78, 5) is 6.97. The monoisotopic (exact) mass is 318 g/mol. The van der Waals surface area contributed by atoms with Gasteiger partial charge in [-0.2, -0.15) is 11.8 Å². The Hall–Kier alpha value is 0.150. The van der Waals surface area contributed by atoms with E-state index in [1.165, 1.54) is 37.7 Å². The zero-order valence-corrected chi connectivity index (χ0v) is 15.0. The predicted molar refractivity (Wildman–Crippen MR) is 93.5 cm³/mol. The Kier molecular flexibility index (Phi) is 11.6. The van der Waals surface area contributed by atoms with Crippen LogP contribution in [0.2, 0.25) is 0 Å².